The maximum atomic E-state index is 13.5. The van der Waals surface area contributed by atoms with E-state index < -0.39 is 17.7 Å². The Kier molecular flexibility index (Phi) is 4.12. The fraction of sp³-hybridized carbons (Fsp3) is 0.200. The molecular formula is C15H15F2NO. The average molecular weight is 263 g/mol. The van der Waals surface area contributed by atoms with Crippen LogP contribution >= 0.6 is 0 Å². The first-order chi connectivity index (χ1) is 9.08. The van der Waals surface area contributed by atoms with Gasteiger partial charge in [-0.25, -0.2) is 8.78 Å². The Morgan fingerprint density at radius 3 is 2.21 bits per heavy atom. The third-order valence-electron chi connectivity index (χ3n) is 2.82. The fourth-order valence-corrected chi connectivity index (χ4v) is 1.77. The second kappa shape index (κ2) is 5.80. The van der Waals surface area contributed by atoms with Crippen LogP contribution in [0.4, 0.5) is 8.78 Å². The van der Waals surface area contributed by atoms with Crippen molar-refractivity contribution in [2.45, 2.75) is 13.0 Å². The third-order valence-corrected chi connectivity index (χ3v) is 2.82. The zero-order valence-electron chi connectivity index (χ0n) is 10.6. The van der Waals surface area contributed by atoms with Crippen molar-refractivity contribution in [2.24, 2.45) is 5.73 Å². The summed E-state index contributed by atoms with van der Waals surface area (Å²) in [6.07, 6.45) is 0. The predicted octanol–water partition coefficient (Wildman–Crippen LogP) is 3.35. The van der Waals surface area contributed by atoms with Gasteiger partial charge in [-0.2, -0.15) is 0 Å². The highest BCUT2D eigenvalue weighted by molar-refractivity contribution is 5.27. The molecule has 1 unspecified atom stereocenters. The number of ether oxygens (including phenoxy) is 1. The first-order valence-corrected chi connectivity index (χ1v) is 5.97. The van der Waals surface area contributed by atoms with E-state index in [-0.39, 0.29) is 12.2 Å². The van der Waals surface area contributed by atoms with Gasteiger partial charge in [-0.05, 0) is 31.2 Å². The van der Waals surface area contributed by atoms with Crippen LogP contribution in [0.1, 0.15) is 17.2 Å². The molecule has 100 valence electrons. The van der Waals surface area contributed by atoms with Gasteiger partial charge in [-0.1, -0.05) is 23.8 Å². The molecule has 0 saturated heterocycles. The van der Waals surface area contributed by atoms with Crippen LogP contribution in [0, 0.1) is 18.6 Å². The maximum absolute atomic E-state index is 13.5. The Bertz CT molecular complexity index is 534. The van der Waals surface area contributed by atoms with Gasteiger partial charge in [0.25, 0.3) is 0 Å². The molecular weight excluding hydrogens is 248 g/mol. The molecule has 0 aromatic heterocycles. The molecule has 0 fully saturated rings. The summed E-state index contributed by atoms with van der Waals surface area (Å²) in [5.41, 5.74) is 6.73. The molecule has 0 bridgehead atoms. The van der Waals surface area contributed by atoms with E-state index in [2.05, 4.69) is 0 Å². The van der Waals surface area contributed by atoms with Crippen molar-refractivity contribution in [3.8, 4) is 5.75 Å². The van der Waals surface area contributed by atoms with Crippen molar-refractivity contribution in [3.63, 3.8) is 0 Å². The molecule has 2 nitrogen and oxygen atoms in total. The molecule has 0 aliphatic carbocycles. The average Bonchev–Trinajstić information content (AvgIpc) is 2.38. The molecule has 1 atom stereocenters. The van der Waals surface area contributed by atoms with Gasteiger partial charge in [0.05, 0.1) is 6.04 Å². The minimum absolute atomic E-state index is 0.0148. The molecule has 0 amide bonds. The zero-order valence-corrected chi connectivity index (χ0v) is 10.6. The highest BCUT2D eigenvalue weighted by Gasteiger charge is 2.16. The number of aryl methyl sites for hydroxylation is 1. The lowest BCUT2D eigenvalue weighted by molar-refractivity contribution is 0.284. The first-order valence-electron chi connectivity index (χ1n) is 5.97. The van der Waals surface area contributed by atoms with Gasteiger partial charge in [0.15, 0.2) is 0 Å². The molecule has 0 radical (unpaired) electrons. The Morgan fingerprint density at radius 2 is 1.63 bits per heavy atom. The molecule has 2 N–H and O–H groups in total. The summed E-state index contributed by atoms with van der Waals surface area (Å²) in [5.74, 6) is -0.683. The van der Waals surface area contributed by atoms with Crippen LogP contribution in [-0.4, -0.2) is 6.61 Å². The largest absolute Gasteiger partial charge is 0.492 e. The second-order valence-electron chi connectivity index (χ2n) is 4.37. The Hall–Kier alpha value is -1.94. The quantitative estimate of drug-likeness (QED) is 0.918. The molecule has 2 aromatic carbocycles. The van der Waals surface area contributed by atoms with E-state index in [1.807, 2.05) is 19.1 Å². The van der Waals surface area contributed by atoms with Crippen LogP contribution in [0.5, 0.6) is 5.75 Å². The summed E-state index contributed by atoms with van der Waals surface area (Å²) < 4.78 is 32.4. The highest BCUT2D eigenvalue weighted by atomic mass is 19.1. The molecule has 2 rings (SSSR count). The summed E-state index contributed by atoms with van der Waals surface area (Å²) in [6, 6.07) is 10.2. The molecule has 4 heteroatoms. The monoisotopic (exact) mass is 263 g/mol. The maximum Gasteiger partial charge on any atom is 0.131 e. The Labute approximate surface area is 110 Å². The number of nitrogens with two attached hydrogens (primary N) is 1. The van der Waals surface area contributed by atoms with Crippen molar-refractivity contribution >= 4 is 0 Å². The van der Waals surface area contributed by atoms with E-state index in [9.17, 15) is 8.78 Å². The van der Waals surface area contributed by atoms with Crippen LogP contribution in [0.3, 0.4) is 0 Å². The summed E-state index contributed by atoms with van der Waals surface area (Å²) in [6.45, 7) is 1.98. The molecule has 0 spiro atoms. The van der Waals surface area contributed by atoms with Gasteiger partial charge in [0.2, 0.25) is 0 Å². The molecule has 0 heterocycles. The van der Waals surface area contributed by atoms with Crippen LogP contribution in [0.2, 0.25) is 0 Å². The van der Waals surface area contributed by atoms with Crippen molar-refractivity contribution < 1.29 is 13.5 Å². The van der Waals surface area contributed by atoms with Gasteiger partial charge in [0.1, 0.15) is 24.0 Å². The van der Waals surface area contributed by atoms with Gasteiger partial charge in [-0.15, -0.1) is 0 Å². The minimum Gasteiger partial charge on any atom is -0.492 e. The second-order valence-corrected chi connectivity index (χ2v) is 4.37. The smallest absolute Gasteiger partial charge is 0.131 e. The number of hydrogen-bond acceptors (Lipinski definition) is 2. The van der Waals surface area contributed by atoms with Gasteiger partial charge >= 0.3 is 0 Å². The number of hydrogen-bond donors (Lipinski definition) is 1. The molecule has 0 aliphatic heterocycles. The van der Waals surface area contributed by atoms with E-state index in [1.165, 1.54) is 18.2 Å². The standard InChI is InChI=1S/C15H15F2NO/c1-10-5-7-11(8-6-10)19-9-14(18)15-12(16)3-2-4-13(15)17/h2-8,14H,9,18H2,1H3. The third kappa shape index (κ3) is 3.29. The van der Waals surface area contributed by atoms with E-state index >= 15 is 0 Å². The normalized spacial score (nSPS) is 12.2. The van der Waals surface area contributed by atoms with E-state index in [4.69, 9.17) is 10.5 Å². The summed E-state index contributed by atoms with van der Waals surface area (Å²) in [4.78, 5) is 0. The number of halogens is 2. The lowest BCUT2D eigenvalue weighted by atomic mass is 10.1. The van der Waals surface area contributed by atoms with Crippen molar-refractivity contribution in [2.75, 3.05) is 6.61 Å². The lowest BCUT2D eigenvalue weighted by Crippen LogP contribution is -2.21. The van der Waals surface area contributed by atoms with E-state index in [0.29, 0.717) is 5.75 Å². The Morgan fingerprint density at radius 1 is 1.05 bits per heavy atom. The van der Waals surface area contributed by atoms with Crippen LogP contribution < -0.4 is 10.5 Å². The molecule has 19 heavy (non-hydrogen) atoms. The SMILES string of the molecule is Cc1ccc(OCC(N)c2c(F)cccc2F)cc1. The topological polar surface area (TPSA) is 35.2 Å². The number of benzene rings is 2. The van der Waals surface area contributed by atoms with Crippen molar-refractivity contribution in [1.82, 2.24) is 0 Å². The van der Waals surface area contributed by atoms with E-state index in [1.54, 1.807) is 12.1 Å². The highest BCUT2D eigenvalue weighted by Crippen LogP contribution is 2.20. The van der Waals surface area contributed by atoms with Crippen molar-refractivity contribution in [3.05, 3.63) is 65.2 Å². The van der Waals surface area contributed by atoms with Crippen LogP contribution in [-0.2, 0) is 0 Å². The van der Waals surface area contributed by atoms with Gasteiger partial charge in [0, 0.05) is 5.56 Å². The van der Waals surface area contributed by atoms with Crippen molar-refractivity contribution in [1.29, 1.82) is 0 Å². The van der Waals surface area contributed by atoms with E-state index in [0.717, 1.165) is 5.56 Å². The summed E-state index contributed by atoms with van der Waals surface area (Å²) >= 11 is 0. The van der Waals surface area contributed by atoms with Crippen LogP contribution in [0.15, 0.2) is 42.5 Å². The molecule has 2 aromatic rings. The molecule has 0 saturated carbocycles. The lowest BCUT2D eigenvalue weighted by Gasteiger charge is -2.15. The summed E-state index contributed by atoms with van der Waals surface area (Å²) in [5, 5.41) is 0. The summed E-state index contributed by atoms with van der Waals surface area (Å²) in [7, 11) is 0. The Balaban J connectivity index is 2.05. The first kappa shape index (κ1) is 13.5. The number of rotatable bonds is 4. The predicted molar refractivity (Wildman–Crippen MR) is 70.0 cm³/mol. The van der Waals surface area contributed by atoms with Gasteiger partial charge in [-0.3, -0.25) is 0 Å². The fourth-order valence-electron chi connectivity index (χ4n) is 1.77. The van der Waals surface area contributed by atoms with Crippen LogP contribution in [0.25, 0.3) is 0 Å². The molecule has 0 aliphatic rings. The zero-order chi connectivity index (χ0) is 13.8. The van der Waals surface area contributed by atoms with Gasteiger partial charge < -0.3 is 10.5 Å². The minimum atomic E-state index is -0.845.